The molecule has 108 valence electrons. The number of benzene rings is 1. The number of para-hydroxylation sites is 1. The van der Waals surface area contributed by atoms with Crippen LogP contribution in [-0.2, 0) is 0 Å². The number of ether oxygens (including phenoxy) is 1. The third-order valence-corrected chi connectivity index (χ3v) is 3.25. The zero-order valence-electron chi connectivity index (χ0n) is 12.6. The number of pyridine rings is 1. The van der Waals surface area contributed by atoms with E-state index in [1.165, 1.54) is 0 Å². The highest BCUT2D eigenvalue weighted by Gasteiger charge is 2.09. The molecule has 2 aromatic rings. The van der Waals surface area contributed by atoms with Gasteiger partial charge < -0.3 is 10.1 Å². The molecule has 20 heavy (non-hydrogen) atoms. The molecule has 1 unspecified atom stereocenters. The summed E-state index contributed by atoms with van der Waals surface area (Å²) in [5.74, 6) is 1.51. The van der Waals surface area contributed by atoms with Crippen molar-refractivity contribution in [2.75, 3.05) is 13.1 Å². The van der Waals surface area contributed by atoms with E-state index >= 15 is 0 Å². The summed E-state index contributed by atoms with van der Waals surface area (Å²) in [7, 11) is 0. The van der Waals surface area contributed by atoms with Crippen LogP contribution < -0.4 is 10.1 Å². The van der Waals surface area contributed by atoms with E-state index in [-0.39, 0.29) is 6.10 Å². The van der Waals surface area contributed by atoms with Gasteiger partial charge in [0.25, 0.3) is 0 Å². The predicted octanol–water partition coefficient (Wildman–Crippen LogP) is 3.64. The highest BCUT2D eigenvalue weighted by atomic mass is 16.5. The molecule has 1 aromatic heterocycles. The molecule has 1 heterocycles. The van der Waals surface area contributed by atoms with Gasteiger partial charge in [-0.25, -0.2) is 0 Å². The van der Waals surface area contributed by atoms with E-state index in [9.17, 15) is 0 Å². The van der Waals surface area contributed by atoms with Gasteiger partial charge in [0.2, 0.25) is 0 Å². The average Bonchev–Trinajstić information content (AvgIpc) is 2.45. The van der Waals surface area contributed by atoms with Crippen LogP contribution in [0, 0.1) is 5.92 Å². The van der Waals surface area contributed by atoms with Crippen LogP contribution in [0.25, 0.3) is 10.9 Å². The first-order chi connectivity index (χ1) is 9.69. The molecular formula is C17H24N2O. The molecule has 0 radical (unpaired) electrons. The smallest absolute Gasteiger partial charge is 0.138 e. The van der Waals surface area contributed by atoms with E-state index in [0.717, 1.165) is 36.2 Å². The molecular weight excluding hydrogens is 248 g/mol. The van der Waals surface area contributed by atoms with Crippen LogP contribution in [0.5, 0.6) is 5.75 Å². The molecule has 1 atom stereocenters. The Labute approximate surface area is 121 Å². The standard InChI is InChI=1S/C17H24N2O/c1-4-15(11-18-10-13(2)3)20-16-9-14-7-5-6-8-17(14)19-12-16/h5-9,12-13,15,18H,4,10-11H2,1-3H3. The Bertz CT molecular complexity index is 539. The van der Waals surface area contributed by atoms with Crippen LogP contribution >= 0.6 is 0 Å². The Morgan fingerprint density at radius 1 is 1.20 bits per heavy atom. The second-order valence-corrected chi connectivity index (χ2v) is 5.56. The highest BCUT2D eigenvalue weighted by molar-refractivity contribution is 5.79. The van der Waals surface area contributed by atoms with Gasteiger partial charge in [-0.2, -0.15) is 0 Å². The van der Waals surface area contributed by atoms with Gasteiger partial charge in [0.15, 0.2) is 0 Å². The van der Waals surface area contributed by atoms with Crippen LogP contribution in [-0.4, -0.2) is 24.2 Å². The van der Waals surface area contributed by atoms with Gasteiger partial charge >= 0.3 is 0 Å². The molecule has 0 spiro atoms. The van der Waals surface area contributed by atoms with E-state index in [0.29, 0.717) is 5.92 Å². The Kier molecular flexibility index (Phi) is 5.36. The number of hydrogen-bond acceptors (Lipinski definition) is 3. The van der Waals surface area contributed by atoms with E-state index in [4.69, 9.17) is 4.74 Å². The van der Waals surface area contributed by atoms with Crippen LogP contribution in [0.1, 0.15) is 27.2 Å². The Morgan fingerprint density at radius 2 is 2.00 bits per heavy atom. The fourth-order valence-corrected chi connectivity index (χ4v) is 2.11. The fraction of sp³-hybridized carbons (Fsp3) is 0.471. The maximum Gasteiger partial charge on any atom is 0.138 e. The first-order valence-corrected chi connectivity index (χ1v) is 7.41. The maximum absolute atomic E-state index is 6.03. The largest absolute Gasteiger partial charge is 0.487 e. The number of rotatable bonds is 7. The SMILES string of the molecule is CCC(CNCC(C)C)Oc1cnc2ccccc2c1. The van der Waals surface area contributed by atoms with Crippen molar-refractivity contribution in [1.29, 1.82) is 0 Å². The molecule has 0 fully saturated rings. The molecule has 0 aliphatic rings. The second kappa shape index (κ2) is 7.25. The molecule has 3 heteroatoms. The van der Waals surface area contributed by atoms with Crippen molar-refractivity contribution in [1.82, 2.24) is 10.3 Å². The lowest BCUT2D eigenvalue weighted by atomic mass is 10.2. The molecule has 1 aromatic carbocycles. The predicted molar refractivity (Wildman–Crippen MR) is 84.2 cm³/mol. The summed E-state index contributed by atoms with van der Waals surface area (Å²) in [6.45, 7) is 8.47. The molecule has 0 bridgehead atoms. The average molecular weight is 272 g/mol. The lowest BCUT2D eigenvalue weighted by Gasteiger charge is -2.19. The molecule has 1 N–H and O–H groups in total. The summed E-state index contributed by atoms with van der Waals surface area (Å²) < 4.78 is 6.03. The fourth-order valence-electron chi connectivity index (χ4n) is 2.11. The van der Waals surface area contributed by atoms with E-state index < -0.39 is 0 Å². The number of fused-ring (bicyclic) bond motifs is 1. The van der Waals surface area contributed by atoms with Gasteiger partial charge in [0.1, 0.15) is 11.9 Å². The Balaban J connectivity index is 1.98. The van der Waals surface area contributed by atoms with E-state index in [2.05, 4.69) is 43.2 Å². The minimum Gasteiger partial charge on any atom is -0.487 e. The van der Waals surface area contributed by atoms with Crippen molar-refractivity contribution in [3.63, 3.8) is 0 Å². The van der Waals surface area contributed by atoms with Gasteiger partial charge in [-0.1, -0.05) is 39.0 Å². The normalized spacial score (nSPS) is 12.8. The molecule has 2 rings (SSSR count). The number of nitrogens with one attached hydrogen (secondary N) is 1. The monoisotopic (exact) mass is 272 g/mol. The third kappa shape index (κ3) is 4.20. The lowest BCUT2D eigenvalue weighted by molar-refractivity contribution is 0.191. The minimum atomic E-state index is 0.191. The van der Waals surface area contributed by atoms with Crippen LogP contribution in [0.3, 0.4) is 0 Å². The Hall–Kier alpha value is -1.61. The number of hydrogen-bond donors (Lipinski definition) is 1. The van der Waals surface area contributed by atoms with Crippen molar-refractivity contribution in [2.24, 2.45) is 5.92 Å². The quantitative estimate of drug-likeness (QED) is 0.835. The zero-order chi connectivity index (χ0) is 14.4. The summed E-state index contributed by atoms with van der Waals surface area (Å²) in [4.78, 5) is 4.43. The summed E-state index contributed by atoms with van der Waals surface area (Å²) in [6.07, 6.45) is 2.99. The van der Waals surface area contributed by atoms with Gasteiger partial charge in [-0.3, -0.25) is 4.98 Å². The van der Waals surface area contributed by atoms with Gasteiger partial charge in [-0.15, -0.1) is 0 Å². The first-order valence-electron chi connectivity index (χ1n) is 7.41. The summed E-state index contributed by atoms with van der Waals surface area (Å²) in [5, 5.41) is 4.57. The van der Waals surface area contributed by atoms with Crippen LogP contribution in [0.15, 0.2) is 36.5 Å². The van der Waals surface area contributed by atoms with Crippen LogP contribution in [0.4, 0.5) is 0 Å². The van der Waals surface area contributed by atoms with Crippen molar-refractivity contribution in [3.8, 4) is 5.75 Å². The molecule has 0 amide bonds. The van der Waals surface area contributed by atoms with Gasteiger partial charge in [0, 0.05) is 11.9 Å². The van der Waals surface area contributed by atoms with E-state index in [1.54, 1.807) is 0 Å². The minimum absolute atomic E-state index is 0.191. The first kappa shape index (κ1) is 14.8. The molecule has 0 aliphatic heterocycles. The highest BCUT2D eigenvalue weighted by Crippen LogP contribution is 2.19. The maximum atomic E-state index is 6.03. The summed E-state index contributed by atoms with van der Waals surface area (Å²) in [5.41, 5.74) is 1.01. The summed E-state index contributed by atoms with van der Waals surface area (Å²) >= 11 is 0. The Morgan fingerprint density at radius 3 is 2.75 bits per heavy atom. The lowest BCUT2D eigenvalue weighted by Crippen LogP contribution is -2.33. The number of nitrogens with zero attached hydrogens (tertiary/aromatic N) is 1. The van der Waals surface area contributed by atoms with Gasteiger partial charge in [-0.05, 0) is 31.0 Å². The molecule has 3 nitrogen and oxygen atoms in total. The van der Waals surface area contributed by atoms with Crippen molar-refractivity contribution >= 4 is 10.9 Å². The zero-order valence-corrected chi connectivity index (χ0v) is 12.6. The van der Waals surface area contributed by atoms with Crippen molar-refractivity contribution in [3.05, 3.63) is 36.5 Å². The van der Waals surface area contributed by atoms with Crippen molar-refractivity contribution in [2.45, 2.75) is 33.3 Å². The second-order valence-electron chi connectivity index (χ2n) is 5.56. The van der Waals surface area contributed by atoms with E-state index in [1.807, 2.05) is 24.4 Å². The molecule has 0 saturated carbocycles. The van der Waals surface area contributed by atoms with Crippen molar-refractivity contribution < 1.29 is 4.74 Å². The molecule has 0 saturated heterocycles. The topological polar surface area (TPSA) is 34.1 Å². The molecule has 0 aliphatic carbocycles. The van der Waals surface area contributed by atoms with Crippen LogP contribution in [0.2, 0.25) is 0 Å². The van der Waals surface area contributed by atoms with Gasteiger partial charge in [0.05, 0.1) is 11.7 Å². The summed E-state index contributed by atoms with van der Waals surface area (Å²) in [6, 6.07) is 10.2. The number of aromatic nitrogens is 1. The third-order valence-electron chi connectivity index (χ3n) is 3.25.